The van der Waals surface area contributed by atoms with Crippen LogP contribution < -0.4 is 0 Å². The third-order valence-electron chi connectivity index (χ3n) is 13.4. The van der Waals surface area contributed by atoms with Crippen LogP contribution in [0.5, 0.6) is 0 Å². The number of hydrogen-bond acceptors (Lipinski definition) is 2. The van der Waals surface area contributed by atoms with Crippen molar-refractivity contribution in [3.8, 4) is 33.9 Å². The van der Waals surface area contributed by atoms with E-state index in [0.717, 1.165) is 66.7 Å². The van der Waals surface area contributed by atoms with Crippen LogP contribution in [0, 0.1) is 0 Å². The summed E-state index contributed by atoms with van der Waals surface area (Å²) in [6.07, 6.45) is 0. The van der Waals surface area contributed by atoms with Crippen molar-refractivity contribution in [1.29, 1.82) is 0 Å². The van der Waals surface area contributed by atoms with Gasteiger partial charge in [0.2, 0.25) is 0 Å². The van der Waals surface area contributed by atoms with Gasteiger partial charge in [0.25, 0.3) is 0 Å². The smallest absolute Gasteiger partial charge is 0.0979 e. The van der Waals surface area contributed by atoms with Crippen LogP contribution in [0.4, 0.5) is 0 Å². The average molecular weight is 813 g/mol. The normalized spacial score (nSPS) is 12.1. The lowest BCUT2D eigenvalue weighted by atomic mass is 9.96. The summed E-state index contributed by atoms with van der Waals surface area (Å²) in [4.78, 5) is 10.8. The largest absolute Gasteiger partial charge is 0.309 e. The summed E-state index contributed by atoms with van der Waals surface area (Å²) in [5.41, 5.74) is 12.5. The fourth-order valence-electron chi connectivity index (χ4n) is 10.6. The lowest BCUT2D eigenvalue weighted by molar-refractivity contribution is 1.18. The van der Waals surface area contributed by atoms with Gasteiger partial charge in [-0.3, -0.25) is 0 Å². The van der Waals surface area contributed by atoms with Gasteiger partial charge in [-0.1, -0.05) is 152 Å². The molecule has 0 saturated carbocycles. The standard InChI is InChI=1S/C60H36N4/c1-2-16-39-34-42(29-28-37(39)14-1)59-60(62-50-24-11-10-23-49(50)61-59)46-31-33-52(45-21-8-7-20-44(45)46)64-54-27-13-26-53(58(54)48-35-40-17-3-4-18-41(40)36-56(48)64)63-51-25-12-9-22-47(51)57-43-19-6-5-15-38(43)30-32-55(57)63/h1-36H. The molecule has 4 nitrogen and oxygen atoms in total. The molecule has 0 unspecified atom stereocenters. The lowest BCUT2D eigenvalue weighted by Gasteiger charge is -2.17. The van der Waals surface area contributed by atoms with E-state index in [4.69, 9.17) is 9.97 Å². The fraction of sp³-hybridized carbons (Fsp3) is 0. The molecule has 11 aromatic carbocycles. The van der Waals surface area contributed by atoms with Gasteiger partial charge < -0.3 is 9.13 Å². The summed E-state index contributed by atoms with van der Waals surface area (Å²) in [6.45, 7) is 0. The zero-order valence-corrected chi connectivity index (χ0v) is 34.6. The molecule has 4 heteroatoms. The summed E-state index contributed by atoms with van der Waals surface area (Å²) in [5, 5.41) is 14.5. The Kier molecular flexibility index (Phi) is 7.36. The maximum atomic E-state index is 5.42. The molecule has 296 valence electrons. The van der Waals surface area contributed by atoms with Crippen molar-refractivity contribution in [3.63, 3.8) is 0 Å². The summed E-state index contributed by atoms with van der Waals surface area (Å²) >= 11 is 0. The molecule has 3 aromatic heterocycles. The van der Waals surface area contributed by atoms with E-state index in [0.29, 0.717) is 0 Å². The first-order valence-electron chi connectivity index (χ1n) is 21.9. The maximum absolute atomic E-state index is 5.42. The minimum absolute atomic E-state index is 0.867. The van der Waals surface area contributed by atoms with Crippen molar-refractivity contribution in [2.24, 2.45) is 0 Å². The summed E-state index contributed by atoms with van der Waals surface area (Å²) in [6, 6.07) is 79.2. The molecule has 0 fully saturated rings. The van der Waals surface area contributed by atoms with Gasteiger partial charge in [-0.25, -0.2) is 9.97 Å². The minimum Gasteiger partial charge on any atom is -0.309 e. The number of para-hydroxylation sites is 3. The number of benzene rings is 11. The molecule has 0 amide bonds. The topological polar surface area (TPSA) is 35.6 Å². The number of nitrogens with zero attached hydrogens (tertiary/aromatic N) is 4. The maximum Gasteiger partial charge on any atom is 0.0979 e. The number of fused-ring (bicyclic) bond motifs is 12. The molecule has 14 rings (SSSR count). The van der Waals surface area contributed by atoms with Crippen LogP contribution in [0.1, 0.15) is 0 Å². The second-order valence-corrected chi connectivity index (χ2v) is 16.9. The van der Waals surface area contributed by atoms with Crippen LogP contribution >= 0.6 is 0 Å². The monoisotopic (exact) mass is 812 g/mol. The SMILES string of the molecule is c1ccc2cc(-c3nc4ccccc4nc3-c3ccc(-n4c5cc6ccccc6cc5c5c(-n6c7ccccc7c7c8ccccc8ccc76)cccc54)c4ccccc34)ccc2c1. The molecular weight excluding hydrogens is 777 g/mol. The zero-order valence-electron chi connectivity index (χ0n) is 34.6. The van der Waals surface area contributed by atoms with Crippen LogP contribution in [0.3, 0.4) is 0 Å². The quantitative estimate of drug-likeness (QED) is 0.177. The Balaban J connectivity index is 1.07. The van der Waals surface area contributed by atoms with E-state index in [9.17, 15) is 0 Å². The van der Waals surface area contributed by atoms with Gasteiger partial charge in [0, 0.05) is 38.1 Å². The van der Waals surface area contributed by atoms with Gasteiger partial charge >= 0.3 is 0 Å². The third-order valence-corrected chi connectivity index (χ3v) is 13.4. The fourth-order valence-corrected chi connectivity index (χ4v) is 10.6. The molecule has 0 radical (unpaired) electrons. The summed E-state index contributed by atoms with van der Waals surface area (Å²) in [7, 11) is 0. The molecule has 0 N–H and O–H groups in total. The van der Waals surface area contributed by atoms with Crippen molar-refractivity contribution in [1.82, 2.24) is 19.1 Å². The van der Waals surface area contributed by atoms with Crippen LogP contribution in [-0.2, 0) is 0 Å². The average Bonchev–Trinajstić information content (AvgIpc) is 3.87. The highest BCUT2D eigenvalue weighted by molar-refractivity contribution is 6.24. The van der Waals surface area contributed by atoms with Crippen molar-refractivity contribution in [2.75, 3.05) is 0 Å². The second-order valence-electron chi connectivity index (χ2n) is 16.9. The van der Waals surface area contributed by atoms with E-state index < -0.39 is 0 Å². The Hall–Kier alpha value is -8.60. The van der Waals surface area contributed by atoms with E-state index >= 15 is 0 Å². The van der Waals surface area contributed by atoms with Gasteiger partial charge in [-0.2, -0.15) is 0 Å². The van der Waals surface area contributed by atoms with E-state index in [-0.39, 0.29) is 0 Å². The second kappa shape index (κ2) is 13.4. The first-order chi connectivity index (χ1) is 31.7. The Bertz CT molecular complexity index is 4270. The Morgan fingerprint density at radius 2 is 0.859 bits per heavy atom. The van der Waals surface area contributed by atoms with Crippen molar-refractivity contribution in [3.05, 3.63) is 218 Å². The predicted molar refractivity (Wildman–Crippen MR) is 269 cm³/mol. The first kappa shape index (κ1) is 35.0. The summed E-state index contributed by atoms with van der Waals surface area (Å²) < 4.78 is 4.98. The van der Waals surface area contributed by atoms with Gasteiger partial charge in [0.15, 0.2) is 0 Å². The minimum atomic E-state index is 0.867. The van der Waals surface area contributed by atoms with Crippen LogP contribution in [-0.4, -0.2) is 19.1 Å². The molecular formula is C60H36N4. The highest BCUT2D eigenvalue weighted by Gasteiger charge is 2.23. The Morgan fingerprint density at radius 3 is 1.67 bits per heavy atom. The van der Waals surface area contributed by atoms with E-state index in [1.807, 2.05) is 12.1 Å². The molecule has 14 aromatic rings. The van der Waals surface area contributed by atoms with E-state index in [2.05, 4.69) is 215 Å². The molecule has 0 aliphatic heterocycles. The molecule has 0 aliphatic rings. The highest BCUT2D eigenvalue weighted by Crippen LogP contribution is 2.45. The molecule has 0 bridgehead atoms. The predicted octanol–water partition coefficient (Wildman–Crippen LogP) is 15.8. The van der Waals surface area contributed by atoms with Crippen LogP contribution in [0.25, 0.3) is 132 Å². The number of hydrogen-bond donors (Lipinski definition) is 0. The Labute approximate surface area is 367 Å². The lowest BCUT2D eigenvalue weighted by Crippen LogP contribution is -2.00. The van der Waals surface area contributed by atoms with Crippen molar-refractivity contribution >= 4 is 97.7 Å². The number of aromatic nitrogens is 4. The number of rotatable bonds is 4. The van der Waals surface area contributed by atoms with Gasteiger partial charge in [0.1, 0.15) is 0 Å². The van der Waals surface area contributed by atoms with Gasteiger partial charge in [-0.05, 0) is 104 Å². The molecule has 3 heterocycles. The molecule has 0 aliphatic carbocycles. The van der Waals surface area contributed by atoms with E-state index in [1.54, 1.807) is 0 Å². The van der Waals surface area contributed by atoms with Crippen molar-refractivity contribution < 1.29 is 0 Å². The molecule has 64 heavy (non-hydrogen) atoms. The highest BCUT2D eigenvalue weighted by atomic mass is 15.0. The summed E-state index contributed by atoms with van der Waals surface area (Å²) in [5.74, 6) is 0. The third kappa shape index (κ3) is 5.05. The molecule has 0 atom stereocenters. The molecule has 0 spiro atoms. The van der Waals surface area contributed by atoms with Gasteiger partial charge in [-0.15, -0.1) is 0 Å². The van der Waals surface area contributed by atoms with Gasteiger partial charge in [0.05, 0.1) is 55.9 Å². The first-order valence-corrected chi connectivity index (χ1v) is 21.9. The van der Waals surface area contributed by atoms with Crippen LogP contribution in [0.2, 0.25) is 0 Å². The van der Waals surface area contributed by atoms with Crippen molar-refractivity contribution in [2.45, 2.75) is 0 Å². The molecule has 0 saturated heterocycles. The van der Waals surface area contributed by atoms with E-state index in [1.165, 1.54) is 64.9 Å². The van der Waals surface area contributed by atoms with Crippen LogP contribution in [0.15, 0.2) is 218 Å². The Morgan fingerprint density at radius 1 is 0.281 bits per heavy atom. The zero-order chi connectivity index (χ0) is 41.9.